The Kier molecular flexibility index (Phi) is 5.73. The molecule has 1 aliphatic heterocycles. The number of rotatable bonds is 5. The zero-order chi connectivity index (χ0) is 22.9. The molecule has 2 aliphatic rings. The second-order valence-electron chi connectivity index (χ2n) is 9.07. The van der Waals surface area contributed by atoms with Gasteiger partial charge < -0.3 is 9.47 Å². The number of ketones is 2. The molecular formula is C29H28O4. The molecule has 0 radical (unpaired) electrons. The lowest BCUT2D eigenvalue weighted by Crippen LogP contribution is -2.54. The van der Waals surface area contributed by atoms with Crippen molar-refractivity contribution in [1.29, 1.82) is 0 Å². The summed E-state index contributed by atoms with van der Waals surface area (Å²) in [5, 5.41) is 0. The summed E-state index contributed by atoms with van der Waals surface area (Å²) in [6.45, 7) is 2.77. The third-order valence-corrected chi connectivity index (χ3v) is 7.29. The molecule has 3 aromatic carbocycles. The Morgan fingerprint density at radius 3 is 1.79 bits per heavy atom. The van der Waals surface area contributed by atoms with E-state index in [4.69, 9.17) is 9.47 Å². The number of ether oxygens (including phenoxy) is 2. The standard InChI is InChI=1S/C29H28O4/c1-2-24-26(27(31)21-12-6-3-7-13-21)25(30)18-29(24)32-19-28(20-33-29,22-14-8-4-9-15-22)23-16-10-5-11-17-23/h3-17,24,26H,2,18-20H2,1H3/t24-,26-/m1/s1. The highest BCUT2D eigenvalue weighted by atomic mass is 16.7. The van der Waals surface area contributed by atoms with Crippen molar-refractivity contribution in [2.75, 3.05) is 13.2 Å². The number of carbonyl (C=O) groups excluding carboxylic acids is 2. The lowest BCUT2D eigenvalue weighted by molar-refractivity contribution is -0.301. The average molecular weight is 441 g/mol. The smallest absolute Gasteiger partial charge is 0.179 e. The van der Waals surface area contributed by atoms with E-state index in [2.05, 4.69) is 24.3 Å². The van der Waals surface area contributed by atoms with Crippen molar-refractivity contribution in [3.8, 4) is 0 Å². The first-order valence-electron chi connectivity index (χ1n) is 11.6. The fourth-order valence-electron chi connectivity index (χ4n) is 5.52. The van der Waals surface area contributed by atoms with Crippen LogP contribution in [0.15, 0.2) is 91.0 Å². The molecule has 0 bridgehead atoms. The molecule has 1 saturated heterocycles. The van der Waals surface area contributed by atoms with Crippen LogP contribution in [0.2, 0.25) is 0 Å². The van der Waals surface area contributed by atoms with Gasteiger partial charge in [0.1, 0.15) is 5.78 Å². The summed E-state index contributed by atoms with van der Waals surface area (Å²) in [4.78, 5) is 26.4. The molecule has 33 heavy (non-hydrogen) atoms. The first-order chi connectivity index (χ1) is 16.1. The van der Waals surface area contributed by atoms with Crippen LogP contribution in [0.5, 0.6) is 0 Å². The Balaban J connectivity index is 1.47. The minimum Gasteiger partial charge on any atom is -0.348 e. The van der Waals surface area contributed by atoms with Crippen LogP contribution in [0.4, 0.5) is 0 Å². The van der Waals surface area contributed by atoms with E-state index in [9.17, 15) is 9.59 Å². The van der Waals surface area contributed by atoms with Gasteiger partial charge in [0.05, 0.1) is 31.0 Å². The fraction of sp³-hybridized carbons (Fsp3) is 0.310. The summed E-state index contributed by atoms with van der Waals surface area (Å²) in [7, 11) is 0. The quantitative estimate of drug-likeness (QED) is 0.404. The molecule has 1 spiro atoms. The van der Waals surface area contributed by atoms with Crippen LogP contribution in [-0.2, 0) is 19.7 Å². The second kappa shape index (κ2) is 8.69. The first-order valence-corrected chi connectivity index (χ1v) is 11.6. The van der Waals surface area contributed by atoms with Gasteiger partial charge in [-0.15, -0.1) is 0 Å². The van der Waals surface area contributed by atoms with Crippen LogP contribution in [0, 0.1) is 11.8 Å². The van der Waals surface area contributed by atoms with Crippen LogP contribution in [0.3, 0.4) is 0 Å². The lowest BCUT2D eigenvalue weighted by Gasteiger charge is -2.47. The predicted molar refractivity (Wildman–Crippen MR) is 126 cm³/mol. The molecule has 2 atom stereocenters. The molecule has 168 valence electrons. The highest BCUT2D eigenvalue weighted by Gasteiger charge is 2.60. The summed E-state index contributed by atoms with van der Waals surface area (Å²) in [5.41, 5.74) is 2.31. The fourth-order valence-corrected chi connectivity index (χ4v) is 5.52. The highest BCUT2D eigenvalue weighted by Crippen LogP contribution is 2.50. The third kappa shape index (κ3) is 3.64. The van der Waals surface area contributed by atoms with Gasteiger partial charge >= 0.3 is 0 Å². The molecule has 5 rings (SSSR count). The van der Waals surface area contributed by atoms with Crippen molar-refractivity contribution in [2.45, 2.75) is 31.0 Å². The Morgan fingerprint density at radius 1 is 0.818 bits per heavy atom. The van der Waals surface area contributed by atoms with E-state index in [1.165, 1.54) is 0 Å². The maximum absolute atomic E-state index is 13.3. The van der Waals surface area contributed by atoms with Gasteiger partial charge in [0.2, 0.25) is 0 Å². The highest BCUT2D eigenvalue weighted by molar-refractivity contribution is 6.12. The molecule has 1 aliphatic carbocycles. The number of Topliss-reactive ketones (excluding diaryl/α,β-unsaturated/α-hetero) is 2. The summed E-state index contributed by atoms with van der Waals surface area (Å²) < 4.78 is 13.1. The van der Waals surface area contributed by atoms with Crippen LogP contribution in [0.25, 0.3) is 0 Å². The van der Waals surface area contributed by atoms with Crippen molar-refractivity contribution in [3.05, 3.63) is 108 Å². The maximum Gasteiger partial charge on any atom is 0.179 e. The van der Waals surface area contributed by atoms with E-state index in [0.29, 0.717) is 25.2 Å². The van der Waals surface area contributed by atoms with Gasteiger partial charge in [-0.3, -0.25) is 9.59 Å². The van der Waals surface area contributed by atoms with E-state index in [-0.39, 0.29) is 23.9 Å². The summed E-state index contributed by atoms with van der Waals surface area (Å²) in [5.74, 6) is -2.35. The summed E-state index contributed by atoms with van der Waals surface area (Å²) in [6, 6.07) is 29.5. The van der Waals surface area contributed by atoms with Crippen molar-refractivity contribution in [1.82, 2.24) is 0 Å². The molecule has 1 saturated carbocycles. The minimum atomic E-state index is -1.06. The number of hydrogen-bond acceptors (Lipinski definition) is 4. The van der Waals surface area contributed by atoms with Crippen LogP contribution in [0.1, 0.15) is 41.3 Å². The lowest BCUT2D eigenvalue weighted by atomic mass is 9.74. The molecule has 0 aromatic heterocycles. The second-order valence-corrected chi connectivity index (χ2v) is 9.07. The van der Waals surface area contributed by atoms with Crippen molar-refractivity contribution in [3.63, 3.8) is 0 Å². The Hall–Kier alpha value is -3.08. The molecule has 1 heterocycles. The van der Waals surface area contributed by atoms with Crippen LogP contribution >= 0.6 is 0 Å². The van der Waals surface area contributed by atoms with Gasteiger partial charge in [0, 0.05) is 11.5 Å². The molecule has 0 N–H and O–H groups in total. The van der Waals surface area contributed by atoms with Crippen LogP contribution < -0.4 is 0 Å². The Labute approximate surface area is 194 Å². The normalized spacial score (nSPS) is 23.5. The topological polar surface area (TPSA) is 52.6 Å². The van der Waals surface area contributed by atoms with E-state index in [1.807, 2.05) is 61.5 Å². The van der Waals surface area contributed by atoms with Crippen molar-refractivity contribution >= 4 is 11.6 Å². The zero-order valence-electron chi connectivity index (χ0n) is 18.8. The van der Waals surface area contributed by atoms with E-state index in [0.717, 1.165) is 11.1 Å². The molecular weight excluding hydrogens is 412 g/mol. The van der Waals surface area contributed by atoms with E-state index >= 15 is 0 Å². The van der Waals surface area contributed by atoms with Crippen LogP contribution in [-0.4, -0.2) is 30.6 Å². The molecule has 4 heteroatoms. The van der Waals surface area contributed by atoms with Gasteiger partial charge in [0.25, 0.3) is 0 Å². The predicted octanol–water partition coefficient (Wildman–Crippen LogP) is 5.21. The van der Waals surface area contributed by atoms with Gasteiger partial charge in [-0.2, -0.15) is 0 Å². The summed E-state index contributed by atoms with van der Waals surface area (Å²) in [6.07, 6.45) is 0.729. The molecule has 3 aromatic rings. The van der Waals surface area contributed by atoms with Crippen molar-refractivity contribution in [2.24, 2.45) is 11.8 Å². The number of benzene rings is 3. The average Bonchev–Trinajstić information content (AvgIpc) is 3.16. The molecule has 0 amide bonds. The Bertz CT molecular complexity index is 1070. The van der Waals surface area contributed by atoms with Gasteiger partial charge in [-0.05, 0) is 17.5 Å². The molecule has 0 unspecified atom stereocenters. The monoisotopic (exact) mass is 440 g/mol. The number of hydrogen-bond donors (Lipinski definition) is 0. The summed E-state index contributed by atoms with van der Waals surface area (Å²) >= 11 is 0. The molecule has 2 fully saturated rings. The third-order valence-electron chi connectivity index (χ3n) is 7.29. The SMILES string of the molecule is CC[C@@H]1[C@@H](C(=O)c2ccccc2)C(=O)CC12OCC(c1ccccc1)(c1ccccc1)CO2. The van der Waals surface area contributed by atoms with Gasteiger partial charge in [0.15, 0.2) is 11.6 Å². The van der Waals surface area contributed by atoms with E-state index in [1.54, 1.807) is 12.1 Å². The largest absolute Gasteiger partial charge is 0.348 e. The van der Waals surface area contributed by atoms with E-state index < -0.39 is 17.1 Å². The minimum absolute atomic E-state index is 0.0948. The maximum atomic E-state index is 13.3. The number of carbonyl (C=O) groups is 2. The van der Waals surface area contributed by atoms with Crippen molar-refractivity contribution < 1.29 is 19.1 Å². The van der Waals surface area contributed by atoms with Gasteiger partial charge in [-0.25, -0.2) is 0 Å². The first kappa shape index (κ1) is 21.7. The zero-order valence-corrected chi connectivity index (χ0v) is 18.8. The molecule has 4 nitrogen and oxygen atoms in total. The Morgan fingerprint density at radius 2 is 1.30 bits per heavy atom. The van der Waals surface area contributed by atoms with Gasteiger partial charge in [-0.1, -0.05) is 97.9 Å².